The van der Waals surface area contributed by atoms with E-state index in [2.05, 4.69) is 15.6 Å². The molecule has 8 heteroatoms. The Balaban J connectivity index is 2.02. The maximum atomic E-state index is 13.5. The van der Waals surface area contributed by atoms with Gasteiger partial charge in [0.05, 0.1) is 5.75 Å². The van der Waals surface area contributed by atoms with Crippen LogP contribution in [0.2, 0.25) is 0 Å². The van der Waals surface area contributed by atoms with Gasteiger partial charge in [0.25, 0.3) is 0 Å². The zero-order chi connectivity index (χ0) is 17.6. The fourth-order valence-electron chi connectivity index (χ4n) is 2.16. The molecule has 0 saturated carbocycles. The SMILES string of the molecule is CN=C(NCc1ccsc1)NCc1cc(F)ccc1CS(C)(=O)=O. The van der Waals surface area contributed by atoms with Crippen molar-refractivity contribution in [3.8, 4) is 0 Å². The number of guanidine groups is 1. The molecule has 24 heavy (non-hydrogen) atoms. The van der Waals surface area contributed by atoms with E-state index in [1.807, 2.05) is 16.8 Å². The lowest BCUT2D eigenvalue weighted by atomic mass is 10.1. The number of thiophene rings is 1. The molecule has 5 nitrogen and oxygen atoms in total. The molecule has 0 radical (unpaired) electrons. The van der Waals surface area contributed by atoms with Crippen molar-refractivity contribution in [2.75, 3.05) is 13.3 Å². The van der Waals surface area contributed by atoms with E-state index in [0.717, 1.165) is 11.8 Å². The van der Waals surface area contributed by atoms with Crippen LogP contribution in [0, 0.1) is 5.82 Å². The van der Waals surface area contributed by atoms with Crippen LogP contribution in [0.1, 0.15) is 16.7 Å². The molecule has 1 heterocycles. The van der Waals surface area contributed by atoms with Crippen LogP contribution in [-0.4, -0.2) is 27.7 Å². The number of halogens is 1. The van der Waals surface area contributed by atoms with Gasteiger partial charge in [-0.1, -0.05) is 6.07 Å². The molecule has 0 fully saturated rings. The molecule has 2 N–H and O–H groups in total. The second-order valence-corrected chi connectivity index (χ2v) is 8.31. The average molecular weight is 369 g/mol. The number of hydrogen-bond donors (Lipinski definition) is 2. The predicted octanol–water partition coefficient (Wildman–Crippen LogP) is 2.30. The normalized spacial score (nSPS) is 12.2. The summed E-state index contributed by atoms with van der Waals surface area (Å²) < 4.78 is 36.5. The lowest BCUT2D eigenvalue weighted by molar-refractivity contribution is 0.599. The van der Waals surface area contributed by atoms with E-state index < -0.39 is 15.7 Å². The van der Waals surface area contributed by atoms with Gasteiger partial charge >= 0.3 is 0 Å². The van der Waals surface area contributed by atoms with Crippen molar-refractivity contribution in [3.63, 3.8) is 0 Å². The standard InChI is InChI=1S/C16H20FN3O2S2/c1-18-16(19-8-12-5-6-23-10-12)20-9-14-7-15(17)4-3-13(14)11-24(2,21)22/h3-7,10H,8-9,11H2,1-2H3,(H2,18,19,20). The molecule has 2 aromatic rings. The summed E-state index contributed by atoms with van der Waals surface area (Å²) in [5.74, 6) is 0.0478. The second-order valence-electron chi connectivity index (χ2n) is 5.39. The van der Waals surface area contributed by atoms with Gasteiger partial charge in [-0.15, -0.1) is 0 Å². The minimum atomic E-state index is -3.19. The van der Waals surface area contributed by atoms with E-state index in [1.54, 1.807) is 18.4 Å². The summed E-state index contributed by atoms with van der Waals surface area (Å²) >= 11 is 1.62. The minimum absolute atomic E-state index is 0.120. The summed E-state index contributed by atoms with van der Waals surface area (Å²) in [5.41, 5.74) is 2.32. The predicted molar refractivity (Wildman–Crippen MR) is 96.3 cm³/mol. The monoisotopic (exact) mass is 369 g/mol. The van der Waals surface area contributed by atoms with E-state index in [1.165, 1.54) is 18.2 Å². The molecule has 0 unspecified atom stereocenters. The topological polar surface area (TPSA) is 70.6 Å². The van der Waals surface area contributed by atoms with E-state index in [9.17, 15) is 12.8 Å². The van der Waals surface area contributed by atoms with E-state index >= 15 is 0 Å². The van der Waals surface area contributed by atoms with Gasteiger partial charge in [0.15, 0.2) is 15.8 Å². The van der Waals surface area contributed by atoms with Crippen LogP contribution in [0.25, 0.3) is 0 Å². The Morgan fingerprint density at radius 2 is 1.96 bits per heavy atom. The van der Waals surface area contributed by atoms with Crippen LogP contribution < -0.4 is 10.6 Å². The largest absolute Gasteiger partial charge is 0.352 e. The van der Waals surface area contributed by atoms with Crippen molar-refractivity contribution in [2.24, 2.45) is 4.99 Å². The molecule has 1 aromatic heterocycles. The first-order valence-electron chi connectivity index (χ1n) is 7.28. The van der Waals surface area contributed by atoms with Gasteiger partial charge in [-0.25, -0.2) is 12.8 Å². The Bertz CT molecular complexity index is 803. The number of aliphatic imine (C=N–C) groups is 1. The van der Waals surface area contributed by atoms with Crippen molar-refractivity contribution < 1.29 is 12.8 Å². The zero-order valence-electron chi connectivity index (χ0n) is 13.5. The summed E-state index contributed by atoms with van der Waals surface area (Å²) in [6, 6.07) is 6.14. The van der Waals surface area contributed by atoms with Gasteiger partial charge in [0.2, 0.25) is 0 Å². The van der Waals surface area contributed by atoms with Crippen molar-refractivity contribution in [3.05, 3.63) is 57.5 Å². The number of rotatable bonds is 6. The second kappa shape index (κ2) is 8.25. The van der Waals surface area contributed by atoms with E-state index in [-0.39, 0.29) is 12.3 Å². The molecule has 0 aliphatic carbocycles. The molecule has 1 aromatic carbocycles. The Kier molecular flexibility index (Phi) is 6.33. The summed E-state index contributed by atoms with van der Waals surface area (Å²) in [7, 11) is -1.55. The van der Waals surface area contributed by atoms with Gasteiger partial charge < -0.3 is 10.6 Å². The van der Waals surface area contributed by atoms with Crippen molar-refractivity contribution >= 4 is 27.1 Å². The Morgan fingerprint density at radius 3 is 2.58 bits per heavy atom. The first kappa shape index (κ1) is 18.4. The van der Waals surface area contributed by atoms with E-state index in [4.69, 9.17) is 0 Å². The third kappa shape index (κ3) is 5.93. The van der Waals surface area contributed by atoms with Gasteiger partial charge in [-0.2, -0.15) is 11.3 Å². The highest BCUT2D eigenvalue weighted by atomic mass is 32.2. The van der Waals surface area contributed by atoms with Crippen LogP contribution >= 0.6 is 11.3 Å². The molecular weight excluding hydrogens is 349 g/mol. The molecular formula is C16H20FN3O2S2. The average Bonchev–Trinajstić information content (AvgIpc) is 3.02. The van der Waals surface area contributed by atoms with Crippen molar-refractivity contribution in [1.82, 2.24) is 10.6 Å². The smallest absolute Gasteiger partial charge is 0.191 e. The van der Waals surface area contributed by atoms with Crippen LogP contribution in [0.4, 0.5) is 4.39 Å². The highest BCUT2D eigenvalue weighted by molar-refractivity contribution is 7.89. The minimum Gasteiger partial charge on any atom is -0.352 e. The molecule has 130 valence electrons. The molecule has 2 rings (SSSR count). The summed E-state index contributed by atoms with van der Waals surface area (Å²) in [5, 5.41) is 10.3. The van der Waals surface area contributed by atoms with Crippen LogP contribution in [0.3, 0.4) is 0 Å². The van der Waals surface area contributed by atoms with Gasteiger partial charge in [0.1, 0.15) is 5.82 Å². The van der Waals surface area contributed by atoms with E-state index in [0.29, 0.717) is 23.6 Å². The number of nitrogens with zero attached hydrogens (tertiary/aromatic N) is 1. The number of hydrogen-bond acceptors (Lipinski definition) is 4. The number of benzene rings is 1. The molecule has 0 saturated heterocycles. The fourth-order valence-corrected chi connectivity index (χ4v) is 3.68. The molecule has 0 amide bonds. The highest BCUT2D eigenvalue weighted by Gasteiger charge is 2.11. The number of nitrogens with one attached hydrogen (secondary N) is 2. The van der Waals surface area contributed by atoms with Gasteiger partial charge in [-0.3, -0.25) is 4.99 Å². The van der Waals surface area contributed by atoms with Crippen LogP contribution in [0.15, 0.2) is 40.0 Å². The maximum Gasteiger partial charge on any atom is 0.191 e. The first-order valence-corrected chi connectivity index (χ1v) is 10.3. The molecule has 0 spiro atoms. The Hall–Kier alpha value is -1.93. The molecule has 0 bridgehead atoms. The van der Waals surface area contributed by atoms with Crippen molar-refractivity contribution in [2.45, 2.75) is 18.8 Å². The van der Waals surface area contributed by atoms with Gasteiger partial charge in [0, 0.05) is 26.4 Å². The van der Waals surface area contributed by atoms with Crippen LogP contribution in [-0.2, 0) is 28.7 Å². The molecule has 0 aliphatic heterocycles. The summed E-state index contributed by atoms with van der Waals surface area (Å²) in [6.07, 6.45) is 1.16. The zero-order valence-corrected chi connectivity index (χ0v) is 15.2. The highest BCUT2D eigenvalue weighted by Crippen LogP contribution is 2.14. The Morgan fingerprint density at radius 1 is 1.21 bits per heavy atom. The van der Waals surface area contributed by atoms with Gasteiger partial charge in [-0.05, 0) is 45.6 Å². The summed E-state index contributed by atoms with van der Waals surface area (Å²) in [4.78, 5) is 4.12. The lowest BCUT2D eigenvalue weighted by Crippen LogP contribution is -2.36. The molecule has 0 aliphatic rings. The third-order valence-corrected chi connectivity index (χ3v) is 4.86. The fraction of sp³-hybridized carbons (Fsp3) is 0.312. The quantitative estimate of drug-likeness (QED) is 0.605. The maximum absolute atomic E-state index is 13.5. The van der Waals surface area contributed by atoms with Crippen molar-refractivity contribution in [1.29, 1.82) is 0 Å². The summed E-state index contributed by atoms with van der Waals surface area (Å²) in [6.45, 7) is 0.911. The third-order valence-electron chi connectivity index (χ3n) is 3.30. The molecule has 0 atom stereocenters. The Labute approximate surface area is 145 Å². The van der Waals surface area contributed by atoms with Crippen LogP contribution in [0.5, 0.6) is 0 Å². The lowest BCUT2D eigenvalue weighted by Gasteiger charge is -2.14. The number of sulfone groups is 1. The first-order chi connectivity index (χ1) is 11.4.